The van der Waals surface area contributed by atoms with Crippen molar-refractivity contribution in [2.45, 2.75) is 6.92 Å². The lowest BCUT2D eigenvalue weighted by molar-refractivity contribution is 0.476. The summed E-state index contributed by atoms with van der Waals surface area (Å²) in [4.78, 5) is 0. The topological polar surface area (TPSA) is 89.9 Å². The summed E-state index contributed by atoms with van der Waals surface area (Å²) in [6.45, 7) is 1.98. The first-order valence-corrected chi connectivity index (χ1v) is 9.04. The molecule has 0 saturated carbocycles. The number of phenols is 2. The van der Waals surface area contributed by atoms with Gasteiger partial charge in [-0.15, -0.1) is 10.2 Å². The lowest BCUT2D eigenvalue weighted by Crippen LogP contribution is -1.75. The number of nitrogens with zero attached hydrogens (tertiary/aromatic N) is 4. The van der Waals surface area contributed by atoms with Gasteiger partial charge in [0.2, 0.25) is 0 Å². The first kappa shape index (κ1) is 18.3. The second kappa shape index (κ2) is 7.90. The predicted octanol–water partition coefficient (Wildman–Crippen LogP) is 7.39. The Labute approximate surface area is 167 Å². The highest BCUT2D eigenvalue weighted by Gasteiger charge is 2.07. The highest BCUT2D eigenvalue weighted by Crippen LogP contribution is 2.37. The van der Waals surface area contributed by atoms with Crippen molar-refractivity contribution in [3.63, 3.8) is 0 Å². The summed E-state index contributed by atoms with van der Waals surface area (Å²) in [5.74, 6) is -0.0137. The summed E-state index contributed by atoms with van der Waals surface area (Å²) in [6, 6.07) is 23.4. The van der Waals surface area contributed by atoms with Crippen molar-refractivity contribution < 1.29 is 10.2 Å². The molecule has 0 aliphatic heterocycles. The second-order valence-corrected chi connectivity index (χ2v) is 6.57. The molecule has 0 spiro atoms. The van der Waals surface area contributed by atoms with Crippen LogP contribution in [0.5, 0.6) is 11.5 Å². The number of hydrogen-bond acceptors (Lipinski definition) is 6. The van der Waals surface area contributed by atoms with Crippen molar-refractivity contribution in [1.82, 2.24) is 0 Å². The molecule has 0 aliphatic carbocycles. The molecule has 0 atom stereocenters. The van der Waals surface area contributed by atoms with Crippen LogP contribution in [0.2, 0.25) is 0 Å². The van der Waals surface area contributed by atoms with Crippen LogP contribution in [-0.4, -0.2) is 10.2 Å². The predicted molar refractivity (Wildman–Crippen MR) is 113 cm³/mol. The largest absolute Gasteiger partial charge is 0.506 e. The SMILES string of the molecule is Cc1cccc(/N=N/c2ccc(/N=N/c3c(O)ccc4ccccc34)cc2O)c1. The highest BCUT2D eigenvalue weighted by atomic mass is 16.3. The molecule has 6 nitrogen and oxygen atoms in total. The van der Waals surface area contributed by atoms with Crippen LogP contribution in [-0.2, 0) is 0 Å². The van der Waals surface area contributed by atoms with Crippen LogP contribution in [0.3, 0.4) is 0 Å². The molecule has 0 aromatic heterocycles. The fourth-order valence-corrected chi connectivity index (χ4v) is 2.92. The first-order valence-electron chi connectivity index (χ1n) is 9.04. The minimum absolute atomic E-state index is 0.0419. The molecule has 4 aromatic carbocycles. The molecule has 0 saturated heterocycles. The van der Waals surface area contributed by atoms with Crippen molar-refractivity contribution in [2.75, 3.05) is 0 Å². The average Bonchev–Trinajstić information content (AvgIpc) is 2.72. The van der Waals surface area contributed by atoms with Crippen LogP contribution < -0.4 is 0 Å². The molecule has 4 rings (SSSR count). The summed E-state index contributed by atoms with van der Waals surface area (Å²) < 4.78 is 0. The van der Waals surface area contributed by atoms with E-state index in [1.807, 2.05) is 61.5 Å². The van der Waals surface area contributed by atoms with Gasteiger partial charge >= 0.3 is 0 Å². The Morgan fingerprint density at radius 2 is 1.41 bits per heavy atom. The minimum atomic E-state index is -0.0556. The number of phenolic OH excluding ortho intramolecular Hbond substituents is 2. The van der Waals surface area contributed by atoms with Gasteiger partial charge in [0, 0.05) is 11.5 Å². The number of aryl methyl sites for hydroxylation is 1. The molecular weight excluding hydrogens is 364 g/mol. The molecule has 2 N–H and O–H groups in total. The molecule has 4 aromatic rings. The number of fused-ring (bicyclic) bond motifs is 1. The fourth-order valence-electron chi connectivity index (χ4n) is 2.92. The Morgan fingerprint density at radius 1 is 0.621 bits per heavy atom. The van der Waals surface area contributed by atoms with Gasteiger partial charge < -0.3 is 10.2 Å². The summed E-state index contributed by atoms with van der Waals surface area (Å²) >= 11 is 0. The molecule has 0 fully saturated rings. The van der Waals surface area contributed by atoms with E-state index in [4.69, 9.17) is 0 Å². The Kier molecular flexibility index (Phi) is 4.99. The van der Waals surface area contributed by atoms with Gasteiger partial charge in [0.1, 0.15) is 22.9 Å². The third-order valence-corrected chi connectivity index (χ3v) is 4.38. The van der Waals surface area contributed by atoms with E-state index in [2.05, 4.69) is 20.5 Å². The third-order valence-electron chi connectivity index (χ3n) is 4.38. The lowest BCUT2D eigenvalue weighted by atomic mass is 10.1. The Bertz CT molecular complexity index is 1250. The highest BCUT2D eigenvalue weighted by molar-refractivity contribution is 5.95. The molecule has 142 valence electrons. The zero-order chi connectivity index (χ0) is 20.2. The maximum absolute atomic E-state index is 10.2. The summed E-state index contributed by atoms with van der Waals surface area (Å²) in [5, 5.41) is 38.7. The van der Waals surface area contributed by atoms with Crippen LogP contribution in [0.25, 0.3) is 10.8 Å². The number of azo groups is 2. The van der Waals surface area contributed by atoms with Crippen molar-refractivity contribution >= 4 is 33.5 Å². The molecule has 0 radical (unpaired) electrons. The number of benzene rings is 4. The quantitative estimate of drug-likeness (QED) is 0.360. The van der Waals surface area contributed by atoms with Crippen LogP contribution in [0.15, 0.2) is 99.3 Å². The van der Waals surface area contributed by atoms with E-state index in [1.54, 1.807) is 18.2 Å². The summed E-state index contributed by atoms with van der Waals surface area (Å²) in [7, 11) is 0. The molecule has 0 bridgehead atoms. The molecule has 0 unspecified atom stereocenters. The third kappa shape index (κ3) is 4.11. The van der Waals surface area contributed by atoms with Gasteiger partial charge in [0.25, 0.3) is 0 Å². The number of aromatic hydroxyl groups is 2. The lowest BCUT2D eigenvalue weighted by Gasteiger charge is -2.04. The molecule has 0 heterocycles. The Hall–Kier alpha value is -4.06. The van der Waals surface area contributed by atoms with Crippen molar-refractivity contribution in [2.24, 2.45) is 20.5 Å². The van der Waals surface area contributed by atoms with Gasteiger partial charge in [0.15, 0.2) is 0 Å². The van der Waals surface area contributed by atoms with E-state index in [9.17, 15) is 10.2 Å². The summed E-state index contributed by atoms with van der Waals surface area (Å²) in [6.07, 6.45) is 0. The van der Waals surface area contributed by atoms with E-state index in [-0.39, 0.29) is 11.5 Å². The molecule has 29 heavy (non-hydrogen) atoms. The minimum Gasteiger partial charge on any atom is -0.506 e. The standard InChI is InChI=1S/C23H18N4O2/c1-15-5-4-7-17(13-15)24-26-20-11-10-18(14-22(20)29)25-27-23-19-8-3-2-6-16(19)9-12-21(23)28/h2-14,28-29H,1H3/b26-24+,27-25+. The zero-order valence-corrected chi connectivity index (χ0v) is 15.7. The van der Waals surface area contributed by atoms with Gasteiger partial charge in [-0.2, -0.15) is 10.2 Å². The number of hydrogen-bond donors (Lipinski definition) is 2. The maximum atomic E-state index is 10.2. The normalized spacial score (nSPS) is 11.6. The smallest absolute Gasteiger partial charge is 0.145 e. The van der Waals surface area contributed by atoms with Crippen LogP contribution in [0.4, 0.5) is 22.7 Å². The molecule has 0 aliphatic rings. The molecule has 0 amide bonds. The van der Waals surface area contributed by atoms with Crippen LogP contribution in [0, 0.1) is 6.92 Å². The zero-order valence-electron chi connectivity index (χ0n) is 15.7. The first-order chi connectivity index (χ1) is 14.1. The van der Waals surface area contributed by atoms with E-state index < -0.39 is 0 Å². The monoisotopic (exact) mass is 382 g/mol. The number of rotatable bonds is 4. The van der Waals surface area contributed by atoms with E-state index >= 15 is 0 Å². The Morgan fingerprint density at radius 3 is 2.24 bits per heavy atom. The van der Waals surface area contributed by atoms with Gasteiger partial charge in [-0.25, -0.2) is 0 Å². The molecular formula is C23H18N4O2. The van der Waals surface area contributed by atoms with Crippen molar-refractivity contribution in [3.05, 3.63) is 84.4 Å². The maximum Gasteiger partial charge on any atom is 0.145 e. The van der Waals surface area contributed by atoms with Crippen LogP contribution in [0.1, 0.15) is 5.56 Å². The van der Waals surface area contributed by atoms with Gasteiger partial charge in [-0.1, -0.05) is 42.5 Å². The second-order valence-electron chi connectivity index (χ2n) is 6.57. The van der Waals surface area contributed by atoms with E-state index in [0.29, 0.717) is 22.7 Å². The van der Waals surface area contributed by atoms with Gasteiger partial charge in [-0.05, 0) is 48.2 Å². The van der Waals surface area contributed by atoms with E-state index in [1.165, 1.54) is 6.07 Å². The van der Waals surface area contributed by atoms with Crippen molar-refractivity contribution in [1.29, 1.82) is 0 Å². The Balaban J connectivity index is 1.60. The van der Waals surface area contributed by atoms with Crippen LogP contribution >= 0.6 is 0 Å². The average molecular weight is 382 g/mol. The van der Waals surface area contributed by atoms with Gasteiger partial charge in [0.05, 0.1) is 11.4 Å². The van der Waals surface area contributed by atoms with Crippen molar-refractivity contribution in [3.8, 4) is 11.5 Å². The fraction of sp³-hybridized carbons (Fsp3) is 0.0435. The molecule has 6 heteroatoms. The summed E-state index contributed by atoms with van der Waals surface area (Å²) in [5.41, 5.74) is 2.94. The van der Waals surface area contributed by atoms with E-state index in [0.717, 1.165) is 16.3 Å². The van der Waals surface area contributed by atoms with Gasteiger partial charge in [-0.3, -0.25) is 0 Å².